The van der Waals surface area contributed by atoms with E-state index in [9.17, 15) is 14.4 Å². The highest BCUT2D eigenvalue weighted by atomic mass is 16.5. The lowest BCUT2D eigenvalue weighted by molar-refractivity contribution is -0.148. The maximum atomic E-state index is 11.8. The third kappa shape index (κ3) is 5.37. The van der Waals surface area contributed by atoms with E-state index >= 15 is 0 Å². The van der Waals surface area contributed by atoms with Gasteiger partial charge in [0, 0.05) is 5.69 Å². The fourth-order valence-corrected chi connectivity index (χ4v) is 2.17. The Labute approximate surface area is 141 Å². The molecule has 1 amide bonds. The van der Waals surface area contributed by atoms with Crippen molar-refractivity contribution in [3.63, 3.8) is 0 Å². The number of esters is 2. The van der Waals surface area contributed by atoms with Crippen molar-refractivity contribution in [1.29, 1.82) is 0 Å². The number of amides is 1. The summed E-state index contributed by atoms with van der Waals surface area (Å²) >= 11 is 0. The molecule has 0 saturated heterocycles. The predicted octanol–water partition coefficient (Wildman–Crippen LogP) is 2.78. The van der Waals surface area contributed by atoms with Crippen molar-refractivity contribution in [2.45, 2.75) is 33.1 Å². The van der Waals surface area contributed by atoms with Crippen LogP contribution in [-0.2, 0) is 19.1 Å². The average molecular weight is 333 g/mol. The standard InChI is InChI=1S/C18H23NO5/c1-3-4-9-23-17(21)13-5-7-14(8-6-13)19-16(20)11-24-18(22)15-10-12(15)2/h5-8,12,15H,3-4,9-11H2,1-2H3,(H,19,20)/t12-,15+/m1/s1. The van der Waals surface area contributed by atoms with E-state index in [4.69, 9.17) is 9.47 Å². The van der Waals surface area contributed by atoms with Crippen LogP contribution in [0.25, 0.3) is 0 Å². The molecular formula is C18H23NO5. The van der Waals surface area contributed by atoms with E-state index in [1.54, 1.807) is 24.3 Å². The van der Waals surface area contributed by atoms with E-state index in [2.05, 4.69) is 5.32 Å². The first-order valence-corrected chi connectivity index (χ1v) is 8.25. The molecule has 24 heavy (non-hydrogen) atoms. The Morgan fingerprint density at radius 2 is 1.83 bits per heavy atom. The van der Waals surface area contributed by atoms with Crippen LogP contribution in [0.3, 0.4) is 0 Å². The summed E-state index contributed by atoms with van der Waals surface area (Å²) in [4.78, 5) is 35.1. The van der Waals surface area contributed by atoms with Gasteiger partial charge in [0.25, 0.3) is 5.91 Å². The first-order valence-electron chi connectivity index (χ1n) is 8.25. The number of ether oxygens (including phenoxy) is 2. The highest BCUT2D eigenvalue weighted by molar-refractivity contribution is 5.94. The van der Waals surface area contributed by atoms with Gasteiger partial charge in [-0.3, -0.25) is 9.59 Å². The maximum Gasteiger partial charge on any atom is 0.338 e. The first-order chi connectivity index (χ1) is 11.5. The summed E-state index contributed by atoms with van der Waals surface area (Å²) in [5.74, 6) is -0.812. The van der Waals surface area contributed by atoms with E-state index in [-0.39, 0.29) is 24.5 Å². The monoisotopic (exact) mass is 333 g/mol. The Bertz CT molecular complexity index is 596. The maximum absolute atomic E-state index is 11.8. The second-order valence-corrected chi connectivity index (χ2v) is 6.04. The Hall–Kier alpha value is -2.37. The minimum atomic E-state index is -0.407. The Morgan fingerprint density at radius 1 is 1.17 bits per heavy atom. The molecule has 2 rings (SSSR count). The second-order valence-electron chi connectivity index (χ2n) is 6.04. The van der Waals surface area contributed by atoms with Gasteiger partial charge in [-0.05, 0) is 43.0 Å². The summed E-state index contributed by atoms with van der Waals surface area (Å²) in [7, 11) is 0. The zero-order valence-electron chi connectivity index (χ0n) is 14.0. The third-order valence-corrected chi connectivity index (χ3v) is 3.89. The lowest BCUT2D eigenvalue weighted by Gasteiger charge is -2.08. The van der Waals surface area contributed by atoms with Crippen LogP contribution in [0.1, 0.15) is 43.5 Å². The largest absolute Gasteiger partial charge is 0.462 e. The summed E-state index contributed by atoms with van der Waals surface area (Å²) < 4.78 is 10.1. The van der Waals surface area contributed by atoms with Crippen molar-refractivity contribution in [2.75, 3.05) is 18.5 Å². The normalized spacial score (nSPS) is 18.6. The number of benzene rings is 1. The molecule has 1 aromatic rings. The van der Waals surface area contributed by atoms with Gasteiger partial charge in [-0.25, -0.2) is 4.79 Å². The zero-order chi connectivity index (χ0) is 17.5. The van der Waals surface area contributed by atoms with E-state index < -0.39 is 5.91 Å². The molecule has 0 aromatic heterocycles. The van der Waals surface area contributed by atoms with E-state index in [0.717, 1.165) is 19.3 Å². The number of carbonyl (C=O) groups excluding carboxylic acids is 3. The summed E-state index contributed by atoms with van der Waals surface area (Å²) in [5, 5.41) is 2.62. The summed E-state index contributed by atoms with van der Waals surface area (Å²) in [5.41, 5.74) is 0.958. The highest BCUT2D eigenvalue weighted by Crippen LogP contribution is 2.38. The highest BCUT2D eigenvalue weighted by Gasteiger charge is 2.40. The van der Waals surface area contributed by atoms with E-state index in [0.29, 0.717) is 23.8 Å². The van der Waals surface area contributed by atoms with Crippen molar-refractivity contribution in [1.82, 2.24) is 0 Å². The molecule has 0 bridgehead atoms. The van der Waals surface area contributed by atoms with Crippen LogP contribution >= 0.6 is 0 Å². The number of hydrogen-bond acceptors (Lipinski definition) is 5. The van der Waals surface area contributed by atoms with Crippen LogP contribution in [0.5, 0.6) is 0 Å². The molecule has 6 nitrogen and oxygen atoms in total. The Kier molecular flexibility index (Phi) is 6.35. The smallest absolute Gasteiger partial charge is 0.338 e. The number of nitrogens with one attached hydrogen (secondary N) is 1. The van der Waals surface area contributed by atoms with Crippen LogP contribution in [0, 0.1) is 11.8 Å². The number of unbranched alkanes of at least 4 members (excludes halogenated alkanes) is 1. The molecule has 1 saturated carbocycles. The van der Waals surface area contributed by atoms with Crippen LogP contribution in [-0.4, -0.2) is 31.1 Å². The first kappa shape index (κ1) is 18.0. The van der Waals surface area contributed by atoms with Crippen molar-refractivity contribution in [2.24, 2.45) is 11.8 Å². The molecule has 1 aromatic carbocycles. The average Bonchev–Trinajstić information content (AvgIpc) is 3.30. The van der Waals surface area contributed by atoms with Gasteiger partial charge >= 0.3 is 11.9 Å². The van der Waals surface area contributed by atoms with Crippen LogP contribution in [0.15, 0.2) is 24.3 Å². The molecule has 2 atom stereocenters. The predicted molar refractivity (Wildman–Crippen MR) is 88.5 cm³/mol. The molecule has 0 heterocycles. The molecule has 0 radical (unpaired) electrons. The van der Waals surface area contributed by atoms with Gasteiger partial charge in [-0.2, -0.15) is 0 Å². The minimum Gasteiger partial charge on any atom is -0.462 e. The molecule has 1 aliphatic carbocycles. The molecule has 0 unspecified atom stereocenters. The molecule has 1 fully saturated rings. The molecule has 1 N–H and O–H groups in total. The summed E-state index contributed by atoms with van der Waals surface area (Å²) in [6, 6.07) is 6.39. The van der Waals surface area contributed by atoms with Crippen LogP contribution in [0.2, 0.25) is 0 Å². The molecule has 0 aliphatic heterocycles. The summed E-state index contributed by atoms with van der Waals surface area (Å²) in [6.07, 6.45) is 2.62. The van der Waals surface area contributed by atoms with Gasteiger partial charge in [0.2, 0.25) is 0 Å². The number of hydrogen-bond donors (Lipinski definition) is 1. The fraction of sp³-hybridized carbons (Fsp3) is 0.500. The summed E-state index contributed by atoms with van der Waals surface area (Å²) in [6.45, 7) is 4.09. The van der Waals surface area contributed by atoms with E-state index in [1.165, 1.54) is 0 Å². The van der Waals surface area contributed by atoms with Gasteiger partial charge in [0.1, 0.15) is 0 Å². The van der Waals surface area contributed by atoms with Gasteiger partial charge < -0.3 is 14.8 Å². The van der Waals surface area contributed by atoms with Crippen molar-refractivity contribution < 1.29 is 23.9 Å². The number of anilines is 1. The lowest BCUT2D eigenvalue weighted by Crippen LogP contribution is -2.21. The van der Waals surface area contributed by atoms with Crippen LogP contribution in [0.4, 0.5) is 5.69 Å². The van der Waals surface area contributed by atoms with Crippen molar-refractivity contribution >= 4 is 23.5 Å². The number of carbonyl (C=O) groups is 3. The fourth-order valence-electron chi connectivity index (χ4n) is 2.17. The van der Waals surface area contributed by atoms with Crippen molar-refractivity contribution in [3.8, 4) is 0 Å². The number of rotatable bonds is 8. The van der Waals surface area contributed by atoms with E-state index in [1.807, 2.05) is 13.8 Å². The SMILES string of the molecule is CCCCOC(=O)c1ccc(NC(=O)COC(=O)[C@H]2C[C@H]2C)cc1. The van der Waals surface area contributed by atoms with Gasteiger partial charge in [0.15, 0.2) is 6.61 Å². The lowest BCUT2D eigenvalue weighted by atomic mass is 10.2. The Morgan fingerprint density at radius 3 is 2.42 bits per heavy atom. The van der Waals surface area contributed by atoms with Gasteiger partial charge in [-0.15, -0.1) is 0 Å². The molecule has 130 valence electrons. The topological polar surface area (TPSA) is 81.7 Å². The Balaban J connectivity index is 1.75. The minimum absolute atomic E-state index is 0.0594. The quantitative estimate of drug-likeness (QED) is 0.584. The van der Waals surface area contributed by atoms with Crippen molar-refractivity contribution in [3.05, 3.63) is 29.8 Å². The second kappa shape index (κ2) is 8.47. The van der Waals surface area contributed by atoms with Crippen LogP contribution < -0.4 is 5.32 Å². The van der Waals surface area contributed by atoms with Gasteiger partial charge in [-0.1, -0.05) is 20.3 Å². The molecule has 6 heteroatoms. The zero-order valence-corrected chi connectivity index (χ0v) is 14.0. The molecule has 1 aliphatic rings. The molecule has 0 spiro atoms. The molecular weight excluding hydrogens is 310 g/mol. The third-order valence-electron chi connectivity index (χ3n) is 3.89. The van der Waals surface area contributed by atoms with Gasteiger partial charge in [0.05, 0.1) is 18.1 Å².